The first-order valence-corrected chi connectivity index (χ1v) is 6.17. The molecule has 100 valence electrons. The second-order valence-corrected chi connectivity index (χ2v) is 4.39. The van der Waals surface area contributed by atoms with Crippen LogP contribution < -0.4 is 5.73 Å². The van der Waals surface area contributed by atoms with Crippen molar-refractivity contribution in [3.05, 3.63) is 63.6 Å². The fraction of sp³-hybridized carbons (Fsp3) is 0.286. The lowest BCUT2D eigenvalue weighted by Crippen LogP contribution is -2.12. The molecule has 5 heteroatoms. The summed E-state index contributed by atoms with van der Waals surface area (Å²) in [5.74, 6) is 1.66. The Morgan fingerprint density at radius 2 is 1.95 bits per heavy atom. The maximum Gasteiger partial charge on any atom is 0.269 e. The molecule has 0 saturated carbocycles. The van der Waals surface area contributed by atoms with Crippen molar-refractivity contribution in [3.8, 4) is 0 Å². The zero-order valence-corrected chi connectivity index (χ0v) is 10.7. The predicted octanol–water partition coefficient (Wildman–Crippen LogP) is 2.99. The molecule has 19 heavy (non-hydrogen) atoms. The van der Waals surface area contributed by atoms with E-state index in [1.54, 1.807) is 12.1 Å². The standard InChI is InChI=1S/C14H16N2O3/c1-2-12-7-8-14(19-12)13(15)9-10-3-5-11(6-4-10)16(17)18/h3-8,13H,2,9,15H2,1H3. The van der Waals surface area contributed by atoms with Crippen LogP contribution in [0.15, 0.2) is 40.8 Å². The number of nitrogens with two attached hydrogens (primary N) is 1. The number of non-ortho nitro benzene ring substituents is 1. The van der Waals surface area contributed by atoms with Gasteiger partial charge in [-0.25, -0.2) is 0 Å². The van der Waals surface area contributed by atoms with Gasteiger partial charge < -0.3 is 10.2 Å². The van der Waals surface area contributed by atoms with Crippen LogP contribution in [0.3, 0.4) is 0 Å². The van der Waals surface area contributed by atoms with Crippen molar-refractivity contribution in [3.63, 3.8) is 0 Å². The van der Waals surface area contributed by atoms with Crippen molar-refractivity contribution in [2.75, 3.05) is 0 Å². The van der Waals surface area contributed by atoms with Gasteiger partial charge >= 0.3 is 0 Å². The van der Waals surface area contributed by atoms with Crippen LogP contribution in [-0.2, 0) is 12.8 Å². The highest BCUT2D eigenvalue weighted by atomic mass is 16.6. The van der Waals surface area contributed by atoms with Crippen LogP contribution in [0.4, 0.5) is 5.69 Å². The van der Waals surface area contributed by atoms with E-state index in [2.05, 4.69) is 0 Å². The Morgan fingerprint density at radius 1 is 1.26 bits per heavy atom. The number of benzene rings is 1. The first-order chi connectivity index (χ1) is 9.10. The van der Waals surface area contributed by atoms with E-state index in [0.29, 0.717) is 6.42 Å². The molecule has 0 bridgehead atoms. The number of hydrogen-bond donors (Lipinski definition) is 1. The summed E-state index contributed by atoms with van der Waals surface area (Å²) < 4.78 is 5.60. The Morgan fingerprint density at radius 3 is 2.47 bits per heavy atom. The van der Waals surface area contributed by atoms with E-state index in [1.807, 2.05) is 19.1 Å². The number of hydrogen-bond acceptors (Lipinski definition) is 4. The lowest BCUT2D eigenvalue weighted by Gasteiger charge is -2.08. The minimum atomic E-state index is -0.413. The third kappa shape index (κ3) is 3.20. The number of nitro groups is 1. The largest absolute Gasteiger partial charge is 0.464 e. The van der Waals surface area contributed by atoms with E-state index in [4.69, 9.17) is 10.2 Å². The monoisotopic (exact) mass is 260 g/mol. The minimum absolute atomic E-state index is 0.0867. The molecule has 0 aliphatic heterocycles. The van der Waals surface area contributed by atoms with Gasteiger partial charge in [0.2, 0.25) is 0 Å². The maximum absolute atomic E-state index is 10.6. The van der Waals surface area contributed by atoms with E-state index in [-0.39, 0.29) is 11.7 Å². The van der Waals surface area contributed by atoms with Gasteiger partial charge in [0.05, 0.1) is 11.0 Å². The Hall–Kier alpha value is -2.14. The molecule has 1 atom stereocenters. The van der Waals surface area contributed by atoms with Crippen molar-refractivity contribution >= 4 is 5.69 Å². The van der Waals surface area contributed by atoms with Crippen molar-refractivity contribution < 1.29 is 9.34 Å². The molecule has 1 heterocycles. The SMILES string of the molecule is CCc1ccc(C(N)Cc2ccc([N+](=O)[O-])cc2)o1. The molecule has 2 aromatic rings. The zero-order valence-electron chi connectivity index (χ0n) is 10.7. The molecule has 0 amide bonds. The summed E-state index contributed by atoms with van der Waals surface area (Å²) in [4.78, 5) is 10.1. The quantitative estimate of drug-likeness (QED) is 0.661. The van der Waals surface area contributed by atoms with Crippen molar-refractivity contribution in [1.82, 2.24) is 0 Å². The Kier molecular flexibility index (Phi) is 3.97. The summed E-state index contributed by atoms with van der Waals surface area (Å²) in [5.41, 5.74) is 7.10. The lowest BCUT2D eigenvalue weighted by atomic mass is 10.0. The fourth-order valence-electron chi connectivity index (χ4n) is 1.89. The Labute approximate surface area is 111 Å². The van der Waals surface area contributed by atoms with Crippen molar-refractivity contribution in [2.24, 2.45) is 5.73 Å². The van der Waals surface area contributed by atoms with Crippen LogP contribution in [0.1, 0.15) is 30.0 Å². The number of nitro benzene ring substituents is 1. The van der Waals surface area contributed by atoms with Gasteiger partial charge in [-0.1, -0.05) is 19.1 Å². The second kappa shape index (κ2) is 5.67. The average Bonchev–Trinajstić information content (AvgIpc) is 2.88. The van der Waals surface area contributed by atoms with Gasteiger partial charge in [0, 0.05) is 18.6 Å². The highest BCUT2D eigenvalue weighted by molar-refractivity contribution is 5.33. The molecular weight excluding hydrogens is 244 g/mol. The first-order valence-electron chi connectivity index (χ1n) is 6.17. The second-order valence-electron chi connectivity index (χ2n) is 4.39. The summed E-state index contributed by atoms with van der Waals surface area (Å²) in [6.07, 6.45) is 1.43. The Bertz CT molecular complexity index is 560. The number of aryl methyl sites for hydroxylation is 1. The van der Waals surface area contributed by atoms with E-state index in [9.17, 15) is 10.1 Å². The summed E-state index contributed by atoms with van der Waals surface area (Å²) in [5, 5.41) is 10.6. The molecule has 1 unspecified atom stereocenters. The summed E-state index contributed by atoms with van der Waals surface area (Å²) in [6, 6.07) is 9.99. The summed E-state index contributed by atoms with van der Waals surface area (Å²) in [7, 11) is 0. The number of furan rings is 1. The number of rotatable bonds is 5. The van der Waals surface area contributed by atoms with Gasteiger partial charge in [-0.3, -0.25) is 10.1 Å². The Balaban J connectivity index is 2.05. The highest BCUT2D eigenvalue weighted by Gasteiger charge is 2.12. The third-order valence-electron chi connectivity index (χ3n) is 3.00. The highest BCUT2D eigenvalue weighted by Crippen LogP contribution is 2.20. The van der Waals surface area contributed by atoms with Gasteiger partial charge in [-0.05, 0) is 24.1 Å². The predicted molar refractivity (Wildman–Crippen MR) is 71.8 cm³/mol. The smallest absolute Gasteiger partial charge is 0.269 e. The first kappa shape index (κ1) is 13.3. The van der Waals surface area contributed by atoms with Crippen LogP contribution in [-0.4, -0.2) is 4.92 Å². The molecule has 5 nitrogen and oxygen atoms in total. The van der Waals surface area contributed by atoms with Crippen LogP contribution in [0.25, 0.3) is 0 Å². The molecule has 2 N–H and O–H groups in total. The molecule has 1 aromatic carbocycles. The van der Waals surface area contributed by atoms with E-state index in [0.717, 1.165) is 23.5 Å². The average molecular weight is 260 g/mol. The molecule has 0 radical (unpaired) electrons. The lowest BCUT2D eigenvalue weighted by molar-refractivity contribution is -0.384. The molecule has 1 aromatic heterocycles. The van der Waals surface area contributed by atoms with Crippen molar-refractivity contribution in [2.45, 2.75) is 25.8 Å². The molecule has 0 saturated heterocycles. The normalized spacial score (nSPS) is 12.3. The molecule has 0 spiro atoms. The van der Waals surface area contributed by atoms with Gasteiger partial charge in [0.25, 0.3) is 5.69 Å². The molecule has 0 fully saturated rings. The molecule has 0 aliphatic carbocycles. The van der Waals surface area contributed by atoms with Gasteiger partial charge in [-0.2, -0.15) is 0 Å². The summed E-state index contributed by atoms with van der Waals surface area (Å²) in [6.45, 7) is 2.02. The van der Waals surface area contributed by atoms with Gasteiger partial charge in [-0.15, -0.1) is 0 Å². The van der Waals surface area contributed by atoms with Crippen molar-refractivity contribution in [1.29, 1.82) is 0 Å². The van der Waals surface area contributed by atoms with E-state index < -0.39 is 4.92 Å². The van der Waals surface area contributed by atoms with Gasteiger partial charge in [0.1, 0.15) is 11.5 Å². The molecular formula is C14H16N2O3. The minimum Gasteiger partial charge on any atom is -0.464 e. The van der Waals surface area contributed by atoms with Crippen LogP contribution >= 0.6 is 0 Å². The number of nitrogens with zero attached hydrogens (tertiary/aromatic N) is 1. The summed E-state index contributed by atoms with van der Waals surface area (Å²) >= 11 is 0. The molecule has 2 rings (SSSR count). The van der Waals surface area contributed by atoms with Crippen LogP contribution in [0.5, 0.6) is 0 Å². The topological polar surface area (TPSA) is 82.3 Å². The molecule has 0 aliphatic rings. The van der Waals surface area contributed by atoms with Gasteiger partial charge in [0.15, 0.2) is 0 Å². The van der Waals surface area contributed by atoms with Crippen LogP contribution in [0, 0.1) is 10.1 Å². The fourth-order valence-corrected chi connectivity index (χ4v) is 1.89. The van der Waals surface area contributed by atoms with E-state index >= 15 is 0 Å². The van der Waals surface area contributed by atoms with Crippen LogP contribution in [0.2, 0.25) is 0 Å². The third-order valence-corrected chi connectivity index (χ3v) is 3.00. The van der Waals surface area contributed by atoms with E-state index in [1.165, 1.54) is 12.1 Å². The zero-order chi connectivity index (χ0) is 13.8. The maximum atomic E-state index is 10.6.